The lowest BCUT2D eigenvalue weighted by Gasteiger charge is -2.24. The molecule has 0 spiro atoms. The molecule has 2 aromatic rings. The van der Waals surface area contributed by atoms with Crippen molar-refractivity contribution in [2.75, 3.05) is 18.8 Å². The molecule has 0 amide bonds. The zero-order chi connectivity index (χ0) is 18.9. The Morgan fingerprint density at radius 2 is 2.15 bits per heavy atom. The number of benzene rings is 1. The van der Waals surface area contributed by atoms with Gasteiger partial charge in [-0.2, -0.15) is 0 Å². The van der Waals surface area contributed by atoms with Crippen molar-refractivity contribution in [2.24, 2.45) is 0 Å². The van der Waals surface area contributed by atoms with Crippen LogP contribution in [-0.2, 0) is 10.0 Å². The van der Waals surface area contributed by atoms with E-state index in [1.165, 1.54) is 11.1 Å². The van der Waals surface area contributed by atoms with E-state index in [2.05, 4.69) is 23.8 Å². The molecule has 0 bridgehead atoms. The predicted molar refractivity (Wildman–Crippen MR) is 99.2 cm³/mol. The maximum atomic E-state index is 14.5. The molecule has 1 heterocycles. The van der Waals surface area contributed by atoms with Crippen molar-refractivity contribution in [3.05, 3.63) is 34.5 Å². The second-order valence-corrected chi connectivity index (χ2v) is 9.38. The van der Waals surface area contributed by atoms with Gasteiger partial charge in [0.15, 0.2) is 11.2 Å². The average molecular weight is 421 g/mol. The summed E-state index contributed by atoms with van der Waals surface area (Å²) in [6, 6.07) is 2.41. The van der Waals surface area contributed by atoms with Gasteiger partial charge in [0.25, 0.3) is 10.0 Å². The fraction of sp³-hybridized carbons (Fsp3) is 0.438. The summed E-state index contributed by atoms with van der Waals surface area (Å²) in [7, 11) is -0.0256. The van der Waals surface area contributed by atoms with Crippen LogP contribution in [0.2, 0.25) is 5.02 Å². The maximum Gasteiger partial charge on any atom is 0.266 e. The van der Waals surface area contributed by atoms with Gasteiger partial charge in [-0.25, -0.2) is 17.8 Å². The normalized spacial score (nSPS) is 20.5. The van der Waals surface area contributed by atoms with E-state index < -0.39 is 20.7 Å². The van der Waals surface area contributed by atoms with Crippen LogP contribution >= 0.6 is 22.9 Å². The molecule has 142 valence electrons. The molecule has 0 radical (unpaired) electrons. The van der Waals surface area contributed by atoms with Gasteiger partial charge < -0.3 is 9.64 Å². The monoisotopic (exact) mass is 420 g/mol. The largest absolute Gasteiger partial charge is 0.483 e. The number of thiazole rings is 1. The molecule has 1 aromatic carbocycles. The molecule has 10 heteroatoms. The zero-order valence-corrected chi connectivity index (χ0v) is 16.7. The van der Waals surface area contributed by atoms with Gasteiger partial charge in [-0.1, -0.05) is 11.6 Å². The summed E-state index contributed by atoms with van der Waals surface area (Å²) < 4.78 is 47.4. The summed E-state index contributed by atoms with van der Waals surface area (Å²) in [6.07, 6.45) is 4.29. The van der Waals surface area contributed by atoms with Crippen LogP contribution in [0, 0.1) is 5.82 Å². The van der Waals surface area contributed by atoms with E-state index in [0.717, 1.165) is 42.7 Å². The predicted octanol–water partition coefficient (Wildman–Crippen LogP) is 2.18. The van der Waals surface area contributed by atoms with Crippen molar-refractivity contribution in [1.29, 1.82) is 0 Å². The molecular weight excluding hydrogens is 401 g/mol. The number of likely N-dealkylation sites (N-methyl/N-ethyl adjacent to an activating group) is 1. The second-order valence-electron chi connectivity index (χ2n) is 6.43. The minimum Gasteiger partial charge on any atom is -0.483 e. The number of sulfonamides is 1. The summed E-state index contributed by atoms with van der Waals surface area (Å²) in [5.74, 6) is -0.754. The fourth-order valence-corrected chi connectivity index (χ4v) is 5.29. The van der Waals surface area contributed by atoms with Crippen molar-refractivity contribution in [2.45, 2.75) is 36.3 Å². The first-order valence-corrected chi connectivity index (χ1v) is 10.9. The standard InChI is InChI=1S/C16H19ClFN3O3S2/c1-21(2)12-4-3-5-13(12)24-14-9-11(18)15(8-10(14)17)26(22,23)20-16-19-6-7-25-16/h6-9,12-13H,3-5H2,1-2H3,(H,19,20)/p+1. The lowest BCUT2D eigenvalue weighted by atomic mass is 10.2. The number of nitrogens with zero attached hydrogens (tertiary/aromatic N) is 1. The number of aromatic nitrogens is 1. The Kier molecular flexibility index (Phi) is 5.71. The molecular formula is C16H20ClFN3O3S2+. The minimum absolute atomic E-state index is 0.0605. The molecule has 3 rings (SSSR count). The van der Waals surface area contributed by atoms with Gasteiger partial charge in [-0.05, 0) is 18.9 Å². The highest BCUT2D eigenvalue weighted by Gasteiger charge is 2.34. The first-order valence-electron chi connectivity index (χ1n) is 8.16. The fourth-order valence-electron chi connectivity index (χ4n) is 3.14. The topological polar surface area (TPSA) is 72.7 Å². The van der Waals surface area contributed by atoms with E-state index >= 15 is 0 Å². The van der Waals surface area contributed by atoms with Gasteiger partial charge >= 0.3 is 0 Å². The molecule has 1 aromatic heterocycles. The van der Waals surface area contributed by atoms with Crippen molar-refractivity contribution in [3.8, 4) is 5.75 Å². The molecule has 2 unspecified atom stereocenters. The Bertz CT molecular complexity index is 875. The van der Waals surface area contributed by atoms with E-state index in [9.17, 15) is 12.8 Å². The average Bonchev–Trinajstić information content (AvgIpc) is 3.21. The van der Waals surface area contributed by atoms with Crippen molar-refractivity contribution < 1.29 is 22.4 Å². The summed E-state index contributed by atoms with van der Waals surface area (Å²) in [5.41, 5.74) is 0. The van der Waals surface area contributed by atoms with Crippen LogP contribution in [0.15, 0.2) is 28.6 Å². The van der Waals surface area contributed by atoms with Crippen molar-refractivity contribution >= 4 is 38.1 Å². The first-order chi connectivity index (χ1) is 12.3. The number of rotatable bonds is 6. The van der Waals surface area contributed by atoms with Gasteiger partial charge in [0.1, 0.15) is 22.5 Å². The number of nitrogens with one attached hydrogen (secondary N) is 2. The van der Waals surface area contributed by atoms with Gasteiger partial charge in [0.05, 0.1) is 19.1 Å². The van der Waals surface area contributed by atoms with Gasteiger partial charge in [-0.3, -0.25) is 4.72 Å². The van der Waals surface area contributed by atoms with Crippen molar-refractivity contribution in [3.63, 3.8) is 0 Å². The van der Waals surface area contributed by atoms with Crippen LogP contribution in [0.3, 0.4) is 0 Å². The Hall–Kier alpha value is -1.42. The lowest BCUT2D eigenvalue weighted by Crippen LogP contribution is -3.11. The summed E-state index contributed by atoms with van der Waals surface area (Å²) in [6.45, 7) is 0. The highest BCUT2D eigenvalue weighted by molar-refractivity contribution is 7.93. The third kappa shape index (κ3) is 4.11. The third-order valence-electron chi connectivity index (χ3n) is 4.40. The number of halogens is 2. The van der Waals surface area contributed by atoms with Crippen LogP contribution in [-0.4, -0.2) is 39.6 Å². The Morgan fingerprint density at radius 3 is 2.81 bits per heavy atom. The quantitative estimate of drug-likeness (QED) is 0.751. The maximum absolute atomic E-state index is 14.5. The molecule has 1 saturated carbocycles. The molecule has 2 N–H and O–H groups in total. The van der Waals surface area contributed by atoms with Gasteiger partial charge in [0.2, 0.25) is 0 Å². The molecule has 0 aliphatic heterocycles. The molecule has 0 saturated heterocycles. The number of anilines is 1. The van der Waals surface area contributed by atoms with E-state index in [1.807, 2.05) is 0 Å². The molecule has 6 nitrogen and oxygen atoms in total. The Labute approximate surface area is 161 Å². The molecule has 2 atom stereocenters. The molecule has 1 fully saturated rings. The zero-order valence-electron chi connectivity index (χ0n) is 14.3. The third-order valence-corrected chi connectivity index (χ3v) is 6.87. The van der Waals surface area contributed by atoms with E-state index in [-0.39, 0.29) is 22.0 Å². The number of hydrogen-bond donors (Lipinski definition) is 2. The van der Waals surface area contributed by atoms with E-state index in [1.54, 1.807) is 5.38 Å². The van der Waals surface area contributed by atoms with Gasteiger partial charge in [0, 0.05) is 24.1 Å². The van der Waals surface area contributed by atoms with E-state index in [4.69, 9.17) is 16.3 Å². The van der Waals surface area contributed by atoms with E-state index in [0.29, 0.717) is 6.04 Å². The minimum atomic E-state index is -4.13. The van der Waals surface area contributed by atoms with Crippen LogP contribution in [0.4, 0.5) is 9.52 Å². The van der Waals surface area contributed by atoms with Crippen molar-refractivity contribution in [1.82, 2.24) is 4.98 Å². The SMILES string of the molecule is C[NH+](C)C1CCCC1Oc1cc(F)c(S(=O)(=O)Nc2nccs2)cc1Cl. The molecule has 26 heavy (non-hydrogen) atoms. The van der Waals surface area contributed by atoms with Crippen LogP contribution < -0.4 is 14.4 Å². The highest BCUT2D eigenvalue weighted by Crippen LogP contribution is 2.33. The summed E-state index contributed by atoms with van der Waals surface area (Å²) >= 11 is 7.29. The summed E-state index contributed by atoms with van der Waals surface area (Å²) in [5, 5.41) is 1.83. The van der Waals surface area contributed by atoms with Gasteiger partial charge in [-0.15, -0.1) is 11.3 Å². The smallest absolute Gasteiger partial charge is 0.266 e. The molecule has 1 aliphatic rings. The first kappa shape index (κ1) is 19.3. The summed E-state index contributed by atoms with van der Waals surface area (Å²) in [4.78, 5) is 4.56. The lowest BCUT2D eigenvalue weighted by molar-refractivity contribution is -0.888. The Morgan fingerprint density at radius 1 is 1.38 bits per heavy atom. The van der Waals surface area contributed by atoms with Crippen LogP contribution in [0.25, 0.3) is 0 Å². The number of hydrogen-bond acceptors (Lipinski definition) is 5. The van der Waals surface area contributed by atoms with Crippen LogP contribution in [0.5, 0.6) is 5.75 Å². The number of ether oxygens (including phenoxy) is 1. The highest BCUT2D eigenvalue weighted by atomic mass is 35.5. The second kappa shape index (κ2) is 7.67. The van der Waals surface area contributed by atoms with Crippen LogP contribution in [0.1, 0.15) is 19.3 Å². The number of quaternary nitrogens is 1. The molecule has 1 aliphatic carbocycles. The Balaban J connectivity index is 1.84.